The summed E-state index contributed by atoms with van der Waals surface area (Å²) >= 11 is 0. The fourth-order valence-corrected chi connectivity index (χ4v) is 2.16. The first-order valence-corrected chi connectivity index (χ1v) is 6.84. The van der Waals surface area contributed by atoms with Gasteiger partial charge >= 0.3 is 11.9 Å². The number of carboxylic acids is 1. The van der Waals surface area contributed by atoms with Gasteiger partial charge in [0.1, 0.15) is 0 Å². The van der Waals surface area contributed by atoms with Crippen molar-refractivity contribution in [2.45, 2.75) is 59.8 Å². The molecule has 0 fully saturated rings. The van der Waals surface area contributed by atoms with Gasteiger partial charge in [0.15, 0.2) is 5.41 Å². The third-order valence-corrected chi connectivity index (χ3v) is 3.43. The highest BCUT2D eigenvalue weighted by Crippen LogP contribution is 2.35. The van der Waals surface area contributed by atoms with Gasteiger partial charge in [0.2, 0.25) is 0 Å². The van der Waals surface area contributed by atoms with E-state index < -0.39 is 17.4 Å². The van der Waals surface area contributed by atoms with Gasteiger partial charge in [0, 0.05) is 0 Å². The van der Waals surface area contributed by atoms with Crippen molar-refractivity contribution in [3.8, 4) is 0 Å². The summed E-state index contributed by atoms with van der Waals surface area (Å²) in [5.74, 6) is -1.92. The van der Waals surface area contributed by atoms with Gasteiger partial charge in [-0.1, -0.05) is 46.5 Å². The minimum atomic E-state index is -1.39. The second-order valence-corrected chi connectivity index (χ2v) is 4.96. The highest BCUT2D eigenvalue weighted by molar-refractivity contribution is 5.99. The largest absolute Gasteiger partial charge is 0.480 e. The summed E-state index contributed by atoms with van der Waals surface area (Å²) in [5, 5.41) is 9.45. The summed E-state index contributed by atoms with van der Waals surface area (Å²) < 4.78 is 4.97. The number of ether oxygens (including phenoxy) is 1. The molecule has 0 aromatic rings. The summed E-state index contributed by atoms with van der Waals surface area (Å²) in [4.78, 5) is 23.6. The van der Waals surface area contributed by atoms with E-state index in [-0.39, 0.29) is 12.5 Å². The molecule has 0 aliphatic heterocycles. The maximum atomic E-state index is 12.0. The van der Waals surface area contributed by atoms with E-state index in [4.69, 9.17) is 4.74 Å². The topological polar surface area (TPSA) is 63.6 Å². The van der Waals surface area contributed by atoms with Crippen LogP contribution in [0.15, 0.2) is 0 Å². The number of hydrogen-bond donors (Lipinski definition) is 1. The van der Waals surface area contributed by atoms with E-state index >= 15 is 0 Å². The smallest absolute Gasteiger partial charge is 0.323 e. The molecule has 4 heteroatoms. The fourth-order valence-electron chi connectivity index (χ4n) is 2.16. The van der Waals surface area contributed by atoms with E-state index in [1.807, 2.05) is 0 Å². The molecular formula is C14H26O4. The van der Waals surface area contributed by atoms with Crippen LogP contribution in [0.25, 0.3) is 0 Å². The van der Waals surface area contributed by atoms with Crippen LogP contribution in [0.3, 0.4) is 0 Å². The van der Waals surface area contributed by atoms with Gasteiger partial charge in [-0.05, 0) is 19.3 Å². The fraction of sp³-hybridized carbons (Fsp3) is 0.857. The van der Waals surface area contributed by atoms with Crippen molar-refractivity contribution in [1.82, 2.24) is 0 Å². The molecule has 1 unspecified atom stereocenters. The number of carbonyl (C=O) groups excluding carboxylic acids is 1. The molecule has 0 rings (SSSR count). The normalized spacial score (nSPS) is 14.3. The van der Waals surface area contributed by atoms with Crippen molar-refractivity contribution >= 4 is 11.9 Å². The Labute approximate surface area is 110 Å². The standard InChI is InChI=1S/C14H26O4/c1-5-7-8-9-10-14(11(3)4,12(15)16)13(17)18-6-2/h11H,5-10H2,1-4H3,(H,15,16). The Bertz CT molecular complexity index is 273. The van der Waals surface area contributed by atoms with Gasteiger partial charge in [-0.15, -0.1) is 0 Å². The molecule has 0 aromatic carbocycles. The molecule has 0 bridgehead atoms. The van der Waals surface area contributed by atoms with Crippen molar-refractivity contribution < 1.29 is 19.4 Å². The lowest BCUT2D eigenvalue weighted by atomic mass is 9.73. The maximum absolute atomic E-state index is 12.0. The van der Waals surface area contributed by atoms with Crippen LogP contribution in [0.4, 0.5) is 0 Å². The lowest BCUT2D eigenvalue weighted by Gasteiger charge is -2.30. The zero-order valence-electron chi connectivity index (χ0n) is 12.0. The van der Waals surface area contributed by atoms with Crippen molar-refractivity contribution in [3.05, 3.63) is 0 Å². The zero-order valence-corrected chi connectivity index (χ0v) is 12.0. The Hall–Kier alpha value is -1.06. The van der Waals surface area contributed by atoms with Gasteiger partial charge < -0.3 is 9.84 Å². The number of carbonyl (C=O) groups is 2. The molecule has 0 aromatic heterocycles. The first kappa shape index (κ1) is 16.9. The molecule has 106 valence electrons. The van der Waals surface area contributed by atoms with Crippen molar-refractivity contribution in [2.24, 2.45) is 11.3 Å². The van der Waals surface area contributed by atoms with E-state index in [9.17, 15) is 14.7 Å². The van der Waals surface area contributed by atoms with Crippen molar-refractivity contribution in [2.75, 3.05) is 6.61 Å². The lowest BCUT2D eigenvalue weighted by molar-refractivity contribution is -0.173. The minimum Gasteiger partial charge on any atom is -0.480 e. The Balaban J connectivity index is 4.87. The zero-order chi connectivity index (χ0) is 14.2. The predicted molar refractivity (Wildman–Crippen MR) is 70.3 cm³/mol. The van der Waals surface area contributed by atoms with Gasteiger partial charge in [0.25, 0.3) is 0 Å². The third kappa shape index (κ3) is 4.00. The van der Waals surface area contributed by atoms with Gasteiger partial charge in [-0.2, -0.15) is 0 Å². The first-order valence-electron chi connectivity index (χ1n) is 6.84. The van der Waals surface area contributed by atoms with Crippen LogP contribution in [0.2, 0.25) is 0 Å². The third-order valence-electron chi connectivity index (χ3n) is 3.43. The quantitative estimate of drug-likeness (QED) is 0.392. The molecule has 0 saturated carbocycles. The minimum absolute atomic E-state index is 0.218. The van der Waals surface area contributed by atoms with E-state index in [1.165, 1.54) is 0 Å². The monoisotopic (exact) mass is 258 g/mol. The Morgan fingerprint density at radius 2 is 1.78 bits per heavy atom. The SMILES string of the molecule is CCCCCCC(C(=O)O)(C(=O)OCC)C(C)C. The van der Waals surface area contributed by atoms with Crippen molar-refractivity contribution in [1.29, 1.82) is 0 Å². The van der Waals surface area contributed by atoms with E-state index in [1.54, 1.807) is 20.8 Å². The van der Waals surface area contributed by atoms with Gasteiger partial charge in [0.05, 0.1) is 6.61 Å². The Morgan fingerprint density at radius 3 is 2.17 bits per heavy atom. The molecule has 0 heterocycles. The average molecular weight is 258 g/mol. The molecule has 0 aliphatic carbocycles. The summed E-state index contributed by atoms with van der Waals surface area (Å²) in [6.07, 6.45) is 4.21. The lowest BCUT2D eigenvalue weighted by Crippen LogP contribution is -2.45. The molecule has 1 N–H and O–H groups in total. The van der Waals surface area contributed by atoms with Crippen LogP contribution in [0, 0.1) is 11.3 Å². The molecule has 0 spiro atoms. The number of hydrogen-bond acceptors (Lipinski definition) is 3. The summed E-state index contributed by atoms with van der Waals surface area (Å²) in [6.45, 7) is 7.55. The van der Waals surface area contributed by atoms with Crippen LogP contribution in [0.1, 0.15) is 59.8 Å². The number of unbranched alkanes of at least 4 members (excludes halogenated alkanes) is 3. The molecular weight excluding hydrogens is 232 g/mol. The second kappa shape index (κ2) is 8.11. The summed E-state index contributed by atoms with van der Waals surface area (Å²) in [6, 6.07) is 0. The number of aliphatic carboxylic acids is 1. The highest BCUT2D eigenvalue weighted by Gasteiger charge is 2.49. The van der Waals surface area contributed by atoms with Crippen LogP contribution < -0.4 is 0 Å². The molecule has 0 amide bonds. The maximum Gasteiger partial charge on any atom is 0.323 e. The summed E-state index contributed by atoms with van der Waals surface area (Å²) in [5.41, 5.74) is -1.39. The first-order chi connectivity index (χ1) is 8.43. The number of rotatable bonds is 9. The molecule has 0 aliphatic rings. The second-order valence-electron chi connectivity index (χ2n) is 4.96. The Morgan fingerprint density at radius 1 is 1.17 bits per heavy atom. The van der Waals surface area contributed by atoms with Crippen molar-refractivity contribution in [3.63, 3.8) is 0 Å². The van der Waals surface area contributed by atoms with E-state index in [0.29, 0.717) is 6.42 Å². The highest BCUT2D eigenvalue weighted by atomic mass is 16.5. The van der Waals surface area contributed by atoms with Gasteiger partial charge in [-0.25, -0.2) is 0 Å². The molecule has 1 atom stereocenters. The molecule has 0 radical (unpaired) electrons. The predicted octanol–water partition coefficient (Wildman–Crippen LogP) is 3.25. The van der Waals surface area contributed by atoms with Crippen LogP contribution in [-0.2, 0) is 14.3 Å². The number of esters is 1. The molecule has 4 nitrogen and oxygen atoms in total. The summed E-state index contributed by atoms with van der Waals surface area (Å²) in [7, 11) is 0. The molecule has 18 heavy (non-hydrogen) atoms. The van der Waals surface area contributed by atoms with Crippen LogP contribution in [-0.4, -0.2) is 23.7 Å². The number of carboxylic acid groups (broad SMARTS) is 1. The van der Waals surface area contributed by atoms with E-state index in [0.717, 1.165) is 25.7 Å². The van der Waals surface area contributed by atoms with E-state index in [2.05, 4.69) is 6.92 Å². The molecule has 0 saturated heterocycles. The Kier molecular flexibility index (Phi) is 7.64. The average Bonchev–Trinajstić information content (AvgIpc) is 2.28. The van der Waals surface area contributed by atoms with Crippen LogP contribution >= 0.6 is 0 Å². The van der Waals surface area contributed by atoms with Gasteiger partial charge in [-0.3, -0.25) is 9.59 Å². The van der Waals surface area contributed by atoms with Crippen LogP contribution in [0.5, 0.6) is 0 Å².